The van der Waals surface area contributed by atoms with Crippen LogP contribution in [-0.4, -0.2) is 22.9 Å². The topological polar surface area (TPSA) is 40.5 Å². The van der Waals surface area contributed by atoms with Crippen LogP contribution in [0.25, 0.3) is 0 Å². The monoisotopic (exact) mass is 204 g/mol. The zero-order chi connectivity index (χ0) is 11.6. The molecule has 2 atom stereocenters. The maximum Gasteiger partial charge on any atom is 0.0560 e. The predicted octanol–water partition coefficient (Wildman–Crippen LogP) is 2.83. The normalized spacial score (nSPS) is 14.6. The second-order valence-corrected chi connectivity index (χ2v) is 4.25. The lowest BCUT2D eigenvalue weighted by Gasteiger charge is -2.09. The van der Waals surface area contributed by atoms with Crippen molar-refractivity contribution < 1.29 is 10.2 Å². The second kappa shape index (κ2) is 11.0. The summed E-state index contributed by atoms with van der Waals surface area (Å²) in [6, 6.07) is 0. The van der Waals surface area contributed by atoms with Gasteiger partial charge in [0.25, 0.3) is 0 Å². The van der Waals surface area contributed by atoms with Gasteiger partial charge in [-0.2, -0.15) is 0 Å². The minimum Gasteiger partial charge on any atom is -0.396 e. The first-order valence-electron chi connectivity index (χ1n) is 5.78. The van der Waals surface area contributed by atoms with E-state index < -0.39 is 0 Å². The van der Waals surface area contributed by atoms with Gasteiger partial charge in [-0.1, -0.05) is 41.0 Å². The highest BCUT2D eigenvalue weighted by Gasteiger charge is 2.03. The molecule has 2 heteroatoms. The summed E-state index contributed by atoms with van der Waals surface area (Å²) < 4.78 is 0. The lowest BCUT2D eigenvalue weighted by atomic mass is 10.1. The average molecular weight is 204 g/mol. The second-order valence-electron chi connectivity index (χ2n) is 4.25. The summed E-state index contributed by atoms with van der Waals surface area (Å²) in [6.07, 6.45) is 2.91. The van der Waals surface area contributed by atoms with Crippen molar-refractivity contribution in [3.8, 4) is 0 Å². The molecular formula is C12H28O2. The van der Waals surface area contributed by atoms with Crippen molar-refractivity contribution in [3.05, 3.63) is 0 Å². The molecule has 2 nitrogen and oxygen atoms in total. The summed E-state index contributed by atoms with van der Waals surface area (Å²) in [5.74, 6) is 1.12. The van der Waals surface area contributed by atoms with Crippen LogP contribution in [0.5, 0.6) is 0 Å². The highest BCUT2D eigenvalue weighted by atomic mass is 16.3. The van der Waals surface area contributed by atoms with Crippen molar-refractivity contribution in [2.45, 2.75) is 60.0 Å². The molecule has 2 unspecified atom stereocenters. The molecule has 0 aromatic rings. The Morgan fingerprint density at radius 2 is 1.50 bits per heavy atom. The van der Waals surface area contributed by atoms with Gasteiger partial charge in [0.15, 0.2) is 0 Å². The van der Waals surface area contributed by atoms with Crippen LogP contribution in [0.4, 0.5) is 0 Å². The number of aliphatic hydroxyl groups excluding tert-OH is 2. The minimum absolute atomic E-state index is 0.0972. The van der Waals surface area contributed by atoms with E-state index in [4.69, 9.17) is 10.2 Å². The third-order valence-electron chi connectivity index (χ3n) is 2.51. The Balaban J connectivity index is 0. The first kappa shape index (κ1) is 16.4. The molecule has 0 saturated heterocycles. The Labute approximate surface area is 89.3 Å². The van der Waals surface area contributed by atoms with Gasteiger partial charge in [0.05, 0.1) is 6.10 Å². The van der Waals surface area contributed by atoms with Gasteiger partial charge < -0.3 is 10.2 Å². The van der Waals surface area contributed by atoms with E-state index in [1.165, 1.54) is 6.42 Å². The molecular weight excluding hydrogens is 176 g/mol. The lowest BCUT2D eigenvalue weighted by Crippen LogP contribution is -2.11. The standard InChI is InChI=1S/2C6H14O/c1-4-6(7)5(2)3;1-3-6(2)4-5-7/h5-7H,4H2,1-3H3;6-7H,3-5H2,1-2H3. The van der Waals surface area contributed by atoms with Gasteiger partial charge in [-0.25, -0.2) is 0 Å². The van der Waals surface area contributed by atoms with Crippen LogP contribution in [0.15, 0.2) is 0 Å². The van der Waals surface area contributed by atoms with Gasteiger partial charge in [0.1, 0.15) is 0 Å². The van der Waals surface area contributed by atoms with Crippen LogP contribution in [0, 0.1) is 11.8 Å². The van der Waals surface area contributed by atoms with Gasteiger partial charge in [0, 0.05) is 6.61 Å². The minimum atomic E-state index is -0.0972. The third-order valence-corrected chi connectivity index (χ3v) is 2.51. The summed E-state index contributed by atoms with van der Waals surface area (Å²) in [6.45, 7) is 10.7. The van der Waals surface area contributed by atoms with Crippen molar-refractivity contribution in [1.82, 2.24) is 0 Å². The fourth-order valence-corrected chi connectivity index (χ4v) is 0.896. The van der Waals surface area contributed by atoms with E-state index >= 15 is 0 Å². The number of aliphatic hydroxyl groups is 2. The van der Waals surface area contributed by atoms with Gasteiger partial charge >= 0.3 is 0 Å². The molecule has 0 aliphatic carbocycles. The predicted molar refractivity (Wildman–Crippen MR) is 62.3 cm³/mol. The van der Waals surface area contributed by atoms with E-state index in [9.17, 15) is 0 Å². The maximum atomic E-state index is 8.94. The van der Waals surface area contributed by atoms with E-state index in [1.807, 2.05) is 20.8 Å². The van der Waals surface area contributed by atoms with Gasteiger partial charge in [-0.3, -0.25) is 0 Å². The molecule has 0 aliphatic rings. The zero-order valence-electron chi connectivity index (χ0n) is 10.5. The first-order chi connectivity index (χ1) is 6.49. The van der Waals surface area contributed by atoms with Gasteiger partial charge in [-0.15, -0.1) is 0 Å². The van der Waals surface area contributed by atoms with Gasteiger partial charge in [0.2, 0.25) is 0 Å². The fraction of sp³-hybridized carbons (Fsp3) is 1.00. The summed E-state index contributed by atoms with van der Waals surface area (Å²) in [7, 11) is 0. The smallest absolute Gasteiger partial charge is 0.0560 e. The summed E-state index contributed by atoms with van der Waals surface area (Å²) >= 11 is 0. The number of rotatable bonds is 5. The number of hydrogen-bond acceptors (Lipinski definition) is 2. The Hall–Kier alpha value is -0.0800. The van der Waals surface area contributed by atoms with Crippen LogP contribution >= 0.6 is 0 Å². The van der Waals surface area contributed by atoms with Crippen LogP contribution in [0.2, 0.25) is 0 Å². The molecule has 88 valence electrons. The Kier molecular flexibility index (Phi) is 12.8. The fourth-order valence-electron chi connectivity index (χ4n) is 0.896. The molecule has 0 radical (unpaired) electrons. The first-order valence-corrected chi connectivity index (χ1v) is 5.78. The largest absolute Gasteiger partial charge is 0.396 e. The van der Waals surface area contributed by atoms with E-state index in [-0.39, 0.29) is 6.10 Å². The third kappa shape index (κ3) is 11.9. The molecule has 0 aromatic carbocycles. The van der Waals surface area contributed by atoms with Crippen molar-refractivity contribution >= 4 is 0 Å². The molecule has 0 fully saturated rings. The van der Waals surface area contributed by atoms with E-state index in [1.54, 1.807) is 0 Å². The van der Waals surface area contributed by atoms with Crippen molar-refractivity contribution in [2.24, 2.45) is 11.8 Å². The van der Waals surface area contributed by atoms with Crippen LogP contribution in [-0.2, 0) is 0 Å². The molecule has 0 aliphatic heterocycles. The van der Waals surface area contributed by atoms with Gasteiger partial charge in [-0.05, 0) is 24.7 Å². The van der Waals surface area contributed by atoms with Crippen molar-refractivity contribution in [3.63, 3.8) is 0 Å². The Morgan fingerprint density at radius 1 is 1.00 bits per heavy atom. The molecule has 0 heterocycles. The summed E-state index contributed by atoms with van der Waals surface area (Å²) in [4.78, 5) is 0. The van der Waals surface area contributed by atoms with E-state index in [0.717, 1.165) is 12.8 Å². The van der Waals surface area contributed by atoms with Crippen LogP contribution < -0.4 is 0 Å². The zero-order valence-corrected chi connectivity index (χ0v) is 10.5. The molecule has 0 saturated carbocycles. The van der Waals surface area contributed by atoms with Crippen molar-refractivity contribution in [2.75, 3.05) is 6.61 Å². The Bertz CT molecular complexity index is 102. The highest BCUT2D eigenvalue weighted by Crippen LogP contribution is 2.03. The quantitative estimate of drug-likeness (QED) is 0.723. The Morgan fingerprint density at radius 3 is 1.57 bits per heavy atom. The lowest BCUT2D eigenvalue weighted by molar-refractivity contribution is 0.121. The number of hydrogen-bond donors (Lipinski definition) is 2. The molecule has 2 N–H and O–H groups in total. The van der Waals surface area contributed by atoms with Crippen molar-refractivity contribution in [1.29, 1.82) is 0 Å². The molecule has 0 aromatic heterocycles. The van der Waals surface area contributed by atoms with Crippen LogP contribution in [0.1, 0.15) is 53.9 Å². The molecule has 0 rings (SSSR count). The SMILES string of the molecule is CCC(C)CCO.CCC(O)C(C)C. The van der Waals surface area contributed by atoms with Crippen LogP contribution in [0.3, 0.4) is 0 Å². The average Bonchev–Trinajstić information content (AvgIpc) is 2.17. The maximum absolute atomic E-state index is 8.94. The highest BCUT2D eigenvalue weighted by molar-refractivity contribution is 4.54. The molecule has 0 amide bonds. The van der Waals surface area contributed by atoms with E-state index in [0.29, 0.717) is 18.4 Å². The molecule has 14 heavy (non-hydrogen) atoms. The van der Waals surface area contributed by atoms with E-state index in [2.05, 4.69) is 13.8 Å². The molecule has 0 bridgehead atoms. The molecule has 0 spiro atoms. The summed E-state index contributed by atoms with van der Waals surface area (Å²) in [5.41, 5.74) is 0. The summed E-state index contributed by atoms with van der Waals surface area (Å²) in [5, 5.41) is 17.3.